The van der Waals surface area contributed by atoms with Gasteiger partial charge in [0, 0.05) is 39.3 Å². The summed E-state index contributed by atoms with van der Waals surface area (Å²) in [5.74, 6) is 1.02. The molecule has 0 bridgehead atoms. The van der Waals surface area contributed by atoms with E-state index in [0.717, 1.165) is 51.8 Å². The third-order valence-corrected chi connectivity index (χ3v) is 3.37. The molecule has 2 rings (SSSR count). The molecule has 0 aromatic rings. The first-order chi connectivity index (χ1) is 8.86. The van der Waals surface area contributed by atoms with Crippen LogP contribution in [0.2, 0.25) is 0 Å². The van der Waals surface area contributed by atoms with Crippen LogP contribution in [0.15, 0.2) is 0 Å². The van der Waals surface area contributed by atoms with Crippen LogP contribution in [0.5, 0.6) is 0 Å². The van der Waals surface area contributed by atoms with Crippen molar-refractivity contribution in [1.82, 2.24) is 0 Å². The Bertz CT molecular complexity index is 194. The van der Waals surface area contributed by atoms with Crippen LogP contribution < -0.4 is 0 Å². The summed E-state index contributed by atoms with van der Waals surface area (Å²) in [7, 11) is 0. The van der Waals surface area contributed by atoms with Crippen LogP contribution in [-0.2, 0) is 19.1 Å². The van der Waals surface area contributed by atoms with E-state index < -0.39 is 0 Å². The second-order valence-corrected chi connectivity index (χ2v) is 4.97. The molecule has 4 heteroatoms. The lowest BCUT2D eigenvalue weighted by Gasteiger charge is -2.19. The summed E-state index contributed by atoms with van der Waals surface area (Å²) in [6.45, 7) is 3.35. The average Bonchev–Trinajstić information content (AvgIpc) is 2.43. The van der Waals surface area contributed by atoms with Crippen LogP contribution >= 0.6 is 0 Å². The Morgan fingerprint density at radius 2 is 1.28 bits per heavy atom. The first kappa shape index (κ1) is 15.3. The highest BCUT2D eigenvalue weighted by molar-refractivity contribution is 5.49. The second-order valence-electron chi connectivity index (χ2n) is 4.97. The second kappa shape index (κ2) is 10.2. The molecule has 0 aromatic heterocycles. The summed E-state index contributed by atoms with van der Waals surface area (Å²) in [4.78, 5) is 20.0. The van der Waals surface area contributed by atoms with Gasteiger partial charge in [0.15, 0.2) is 0 Å². The molecule has 0 N–H and O–H groups in total. The van der Waals surface area contributed by atoms with Crippen molar-refractivity contribution in [3.05, 3.63) is 0 Å². The Labute approximate surface area is 109 Å². The van der Waals surface area contributed by atoms with Gasteiger partial charge in [-0.2, -0.15) is 0 Å². The van der Waals surface area contributed by atoms with Crippen molar-refractivity contribution in [2.75, 3.05) is 26.4 Å². The zero-order valence-electron chi connectivity index (χ0n) is 11.0. The van der Waals surface area contributed by atoms with Crippen molar-refractivity contribution in [2.45, 2.75) is 38.5 Å². The molecular formula is C14H24O4. The number of rotatable bonds is 4. The number of aldehydes is 2. The smallest absolute Gasteiger partial charge is 0.120 e. The molecule has 18 heavy (non-hydrogen) atoms. The Hall–Kier alpha value is -0.740. The zero-order valence-corrected chi connectivity index (χ0v) is 11.0. The molecule has 2 fully saturated rings. The standard InChI is InChI=1S/2C7H12O2/c2*8-4-3-7-2-1-5-9-6-7/h2*4,7H,1-3,5-6H2/t2*7-/m00/s1. The SMILES string of the molecule is O=CC[C@@H]1CCCOC1.O=CC[C@@H]1CCCOC1. The highest BCUT2D eigenvalue weighted by Crippen LogP contribution is 2.15. The van der Waals surface area contributed by atoms with Gasteiger partial charge in [-0.1, -0.05) is 0 Å². The normalized spacial score (nSPS) is 27.8. The number of hydrogen-bond donors (Lipinski definition) is 0. The van der Waals surface area contributed by atoms with Gasteiger partial charge in [0.05, 0.1) is 0 Å². The molecule has 0 aromatic carbocycles. The predicted molar refractivity (Wildman–Crippen MR) is 68.4 cm³/mol. The monoisotopic (exact) mass is 256 g/mol. The molecular weight excluding hydrogens is 232 g/mol. The van der Waals surface area contributed by atoms with E-state index in [0.29, 0.717) is 24.7 Å². The first-order valence-corrected chi connectivity index (χ1v) is 6.89. The molecule has 4 nitrogen and oxygen atoms in total. The molecule has 0 aliphatic carbocycles. The molecule has 0 radical (unpaired) electrons. The third-order valence-electron chi connectivity index (χ3n) is 3.37. The van der Waals surface area contributed by atoms with E-state index in [1.807, 2.05) is 0 Å². The van der Waals surface area contributed by atoms with Crippen molar-refractivity contribution < 1.29 is 19.1 Å². The summed E-state index contributed by atoms with van der Waals surface area (Å²) in [6, 6.07) is 0. The summed E-state index contributed by atoms with van der Waals surface area (Å²) >= 11 is 0. The fourth-order valence-electron chi connectivity index (χ4n) is 2.26. The minimum absolute atomic E-state index is 0.510. The zero-order chi connectivity index (χ0) is 13.1. The van der Waals surface area contributed by atoms with Crippen molar-refractivity contribution in [1.29, 1.82) is 0 Å². The molecule has 2 aliphatic heterocycles. The van der Waals surface area contributed by atoms with Crippen molar-refractivity contribution in [3.63, 3.8) is 0 Å². The first-order valence-electron chi connectivity index (χ1n) is 6.89. The fraction of sp³-hybridized carbons (Fsp3) is 0.857. The Kier molecular flexibility index (Phi) is 8.69. The summed E-state index contributed by atoms with van der Waals surface area (Å²) in [5.41, 5.74) is 0. The molecule has 2 saturated heterocycles. The average molecular weight is 256 g/mol. The Balaban J connectivity index is 0.000000180. The highest BCUT2D eigenvalue weighted by Gasteiger charge is 2.12. The molecule has 2 heterocycles. The van der Waals surface area contributed by atoms with Crippen LogP contribution in [0.4, 0.5) is 0 Å². The lowest BCUT2D eigenvalue weighted by atomic mass is 10.00. The van der Waals surface area contributed by atoms with Gasteiger partial charge in [-0.15, -0.1) is 0 Å². The molecule has 104 valence electrons. The minimum atomic E-state index is 0.510. The van der Waals surface area contributed by atoms with Gasteiger partial charge in [-0.25, -0.2) is 0 Å². The van der Waals surface area contributed by atoms with Crippen LogP contribution in [-0.4, -0.2) is 39.0 Å². The number of carbonyl (C=O) groups is 2. The van der Waals surface area contributed by atoms with E-state index in [1.165, 1.54) is 12.8 Å². The van der Waals surface area contributed by atoms with Gasteiger partial charge >= 0.3 is 0 Å². The number of carbonyl (C=O) groups excluding carboxylic acids is 2. The van der Waals surface area contributed by atoms with E-state index in [1.54, 1.807) is 0 Å². The molecule has 0 unspecified atom stereocenters. The lowest BCUT2D eigenvalue weighted by Crippen LogP contribution is -2.17. The topological polar surface area (TPSA) is 52.6 Å². The minimum Gasteiger partial charge on any atom is -0.381 e. The van der Waals surface area contributed by atoms with E-state index in [-0.39, 0.29) is 0 Å². The lowest BCUT2D eigenvalue weighted by molar-refractivity contribution is -0.110. The molecule has 0 amide bonds. The van der Waals surface area contributed by atoms with Gasteiger partial charge in [0.2, 0.25) is 0 Å². The quantitative estimate of drug-likeness (QED) is 0.722. The predicted octanol–water partition coefficient (Wildman–Crippen LogP) is 2.00. The summed E-state index contributed by atoms with van der Waals surface area (Å²) in [5, 5.41) is 0. The summed E-state index contributed by atoms with van der Waals surface area (Å²) < 4.78 is 10.4. The third kappa shape index (κ3) is 6.87. The van der Waals surface area contributed by atoms with E-state index >= 15 is 0 Å². The van der Waals surface area contributed by atoms with Crippen LogP contribution in [0.25, 0.3) is 0 Å². The molecule has 0 spiro atoms. The molecule has 2 atom stereocenters. The van der Waals surface area contributed by atoms with Gasteiger partial charge in [0.1, 0.15) is 12.6 Å². The maximum atomic E-state index is 10.0. The maximum absolute atomic E-state index is 10.0. The van der Waals surface area contributed by atoms with Crippen LogP contribution in [0, 0.1) is 11.8 Å². The molecule has 0 saturated carbocycles. The number of hydrogen-bond acceptors (Lipinski definition) is 4. The van der Waals surface area contributed by atoms with Crippen LogP contribution in [0.3, 0.4) is 0 Å². The van der Waals surface area contributed by atoms with E-state index in [9.17, 15) is 9.59 Å². The Morgan fingerprint density at radius 3 is 1.56 bits per heavy atom. The van der Waals surface area contributed by atoms with Crippen molar-refractivity contribution in [2.24, 2.45) is 11.8 Å². The van der Waals surface area contributed by atoms with Crippen molar-refractivity contribution >= 4 is 12.6 Å². The van der Waals surface area contributed by atoms with Crippen molar-refractivity contribution in [3.8, 4) is 0 Å². The largest absolute Gasteiger partial charge is 0.381 e. The Morgan fingerprint density at radius 1 is 0.833 bits per heavy atom. The fourth-order valence-corrected chi connectivity index (χ4v) is 2.26. The maximum Gasteiger partial charge on any atom is 0.120 e. The highest BCUT2D eigenvalue weighted by atomic mass is 16.5. The van der Waals surface area contributed by atoms with Gasteiger partial charge in [-0.05, 0) is 37.5 Å². The van der Waals surface area contributed by atoms with Gasteiger partial charge in [-0.3, -0.25) is 0 Å². The number of ether oxygens (including phenoxy) is 2. The summed E-state index contributed by atoms with van der Waals surface area (Å²) in [6.07, 6.45) is 7.91. The van der Waals surface area contributed by atoms with E-state index in [4.69, 9.17) is 9.47 Å². The van der Waals surface area contributed by atoms with E-state index in [2.05, 4.69) is 0 Å². The molecule has 2 aliphatic rings. The van der Waals surface area contributed by atoms with Gasteiger partial charge < -0.3 is 19.1 Å². The van der Waals surface area contributed by atoms with Gasteiger partial charge in [0.25, 0.3) is 0 Å². The van der Waals surface area contributed by atoms with Crippen LogP contribution in [0.1, 0.15) is 38.5 Å².